The van der Waals surface area contributed by atoms with Gasteiger partial charge in [-0.25, -0.2) is 0 Å². The van der Waals surface area contributed by atoms with Crippen LogP contribution in [0.2, 0.25) is 0 Å². The van der Waals surface area contributed by atoms with E-state index in [2.05, 4.69) is 5.10 Å². The van der Waals surface area contributed by atoms with Crippen molar-refractivity contribution in [3.8, 4) is 0 Å². The Labute approximate surface area is 80.6 Å². The molecule has 5 heteroatoms. The van der Waals surface area contributed by atoms with Crippen molar-refractivity contribution >= 4 is 17.5 Å². The molecule has 0 atom stereocenters. The molecule has 2 rings (SSSR count). The first-order valence-corrected chi connectivity index (χ1v) is 4.19. The molecule has 1 aromatic rings. The molecule has 0 saturated carbocycles. The van der Waals surface area contributed by atoms with Gasteiger partial charge in [0.15, 0.2) is 11.6 Å². The maximum Gasteiger partial charge on any atom is 0.240 e. The van der Waals surface area contributed by atoms with Crippen LogP contribution in [0.4, 0.5) is 5.82 Å². The lowest BCUT2D eigenvalue weighted by molar-refractivity contribution is -0.124. The van der Waals surface area contributed by atoms with Crippen molar-refractivity contribution in [2.24, 2.45) is 7.05 Å². The molecule has 0 bridgehead atoms. The molecule has 0 radical (unpaired) electrons. The first-order valence-electron chi connectivity index (χ1n) is 4.19. The van der Waals surface area contributed by atoms with Gasteiger partial charge in [0.25, 0.3) is 0 Å². The summed E-state index contributed by atoms with van der Waals surface area (Å²) in [6.45, 7) is 0. The molecule has 1 aliphatic rings. The number of aryl methyl sites for hydroxylation is 1. The van der Waals surface area contributed by atoms with Crippen molar-refractivity contribution in [2.45, 2.75) is 6.42 Å². The predicted octanol–water partition coefficient (Wildman–Crippen LogP) is 0.240. The fraction of sp³-hybridized carbons (Fsp3) is 0.222. The number of nitrogens with zero attached hydrogens (tertiary/aromatic N) is 3. The number of carbonyl (C=O) groups is 2. The van der Waals surface area contributed by atoms with Crippen LogP contribution in [0.5, 0.6) is 0 Å². The molecule has 1 aromatic heterocycles. The minimum Gasteiger partial charge on any atom is -0.294 e. The minimum absolute atomic E-state index is 0.0763. The van der Waals surface area contributed by atoms with Crippen LogP contribution < -0.4 is 4.90 Å². The highest BCUT2D eigenvalue weighted by Gasteiger charge is 2.21. The Balaban J connectivity index is 2.31. The van der Waals surface area contributed by atoms with Gasteiger partial charge in [0.1, 0.15) is 0 Å². The third-order valence-electron chi connectivity index (χ3n) is 1.95. The standard InChI is InChI=1S/C9H9N3O2/c1-11-4-3-8(10-11)12-5-2-7(13)6-9(12)14/h2-5H,6H2,1H3. The number of rotatable bonds is 1. The SMILES string of the molecule is Cn1ccc(N2C=CC(=O)CC2=O)n1. The molecule has 1 amide bonds. The molecule has 5 nitrogen and oxygen atoms in total. The van der Waals surface area contributed by atoms with E-state index >= 15 is 0 Å². The number of hydrogen-bond donors (Lipinski definition) is 0. The first kappa shape index (κ1) is 8.68. The molecule has 0 unspecified atom stereocenters. The highest BCUT2D eigenvalue weighted by molar-refractivity contribution is 6.13. The number of carbonyl (C=O) groups excluding carboxylic acids is 2. The van der Waals surface area contributed by atoms with Crippen LogP contribution in [-0.4, -0.2) is 21.5 Å². The number of amides is 1. The maximum atomic E-state index is 11.4. The molecule has 1 aliphatic heterocycles. The van der Waals surface area contributed by atoms with Crippen LogP contribution in [0.3, 0.4) is 0 Å². The largest absolute Gasteiger partial charge is 0.294 e. The maximum absolute atomic E-state index is 11.4. The van der Waals surface area contributed by atoms with Gasteiger partial charge in [-0.15, -0.1) is 0 Å². The van der Waals surface area contributed by atoms with Crippen LogP contribution in [0.1, 0.15) is 6.42 Å². The fourth-order valence-electron chi connectivity index (χ4n) is 1.27. The van der Waals surface area contributed by atoms with Crippen molar-refractivity contribution < 1.29 is 9.59 Å². The molecule has 72 valence electrons. The Hall–Kier alpha value is -1.91. The smallest absolute Gasteiger partial charge is 0.240 e. The number of ketones is 1. The normalized spacial score (nSPS) is 16.5. The molecule has 14 heavy (non-hydrogen) atoms. The molecule has 0 N–H and O–H groups in total. The third-order valence-corrected chi connectivity index (χ3v) is 1.95. The summed E-state index contributed by atoms with van der Waals surface area (Å²) in [7, 11) is 1.77. The van der Waals surface area contributed by atoms with Crippen molar-refractivity contribution in [2.75, 3.05) is 4.90 Å². The summed E-state index contributed by atoms with van der Waals surface area (Å²) in [6, 6.07) is 1.72. The molecule has 0 saturated heterocycles. The Bertz CT molecular complexity index is 419. The lowest BCUT2D eigenvalue weighted by Gasteiger charge is -2.17. The summed E-state index contributed by atoms with van der Waals surface area (Å²) in [5.41, 5.74) is 0. The van der Waals surface area contributed by atoms with Crippen molar-refractivity contribution in [3.63, 3.8) is 0 Å². The molecule has 0 spiro atoms. The van der Waals surface area contributed by atoms with Gasteiger partial charge in [-0.05, 0) is 6.08 Å². The monoisotopic (exact) mass is 191 g/mol. The third kappa shape index (κ3) is 1.44. The highest BCUT2D eigenvalue weighted by atomic mass is 16.2. The Morgan fingerprint density at radius 3 is 2.79 bits per heavy atom. The number of hydrogen-bond acceptors (Lipinski definition) is 3. The fourth-order valence-corrected chi connectivity index (χ4v) is 1.27. The summed E-state index contributed by atoms with van der Waals surface area (Å²) in [4.78, 5) is 23.7. The molecular formula is C9H9N3O2. The molecule has 0 fully saturated rings. The van der Waals surface area contributed by atoms with E-state index in [1.165, 1.54) is 17.2 Å². The van der Waals surface area contributed by atoms with E-state index in [-0.39, 0.29) is 18.1 Å². The molecule has 0 aromatic carbocycles. The predicted molar refractivity (Wildman–Crippen MR) is 49.5 cm³/mol. The summed E-state index contributed by atoms with van der Waals surface area (Å²) >= 11 is 0. The zero-order valence-electron chi connectivity index (χ0n) is 7.67. The average Bonchev–Trinajstić information content (AvgIpc) is 2.51. The first-order chi connectivity index (χ1) is 6.66. The van der Waals surface area contributed by atoms with E-state index in [9.17, 15) is 9.59 Å². The molecule has 2 heterocycles. The summed E-state index contributed by atoms with van der Waals surface area (Å²) in [5.74, 6) is 0.139. The van der Waals surface area contributed by atoms with Gasteiger partial charge in [0.2, 0.25) is 5.91 Å². The minimum atomic E-state index is -0.240. The lowest BCUT2D eigenvalue weighted by Crippen LogP contribution is -2.31. The van der Waals surface area contributed by atoms with Crippen LogP contribution in [0.15, 0.2) is 24.5 Å². The van der Waals surface area contributed by atoms with Gasteiger partial charge in [-0.3, -0.25) is 19.2 Å². The Morgan fingerprint density at radius 1 is 1.43 bits per heavy atom. The van der Waals surface area contributed by atoms with Crippen LogP contribution in [-0.2, 0) is 16.6 Å². The number of aromatic nitrogens is 2. The van der Waals surface area contributed by atoms with Crippen molar-refractivity contribution in [1.82, 2.24) is 9.78 Å². The van der Waals surface area contributed by atoms with Gasteiger partial charge in [0, 0.05) is 25.5 Å². The van der Waals surface area contributed by atoms with Gasteiger partial charge in [0.05, 0.1) is 6.42 Å². The second kappa shape index (κ2) is 3.10. The van der Waals surface area contributed by atoms with Crippen LogP contribution in [0, 0.1) is 0 Å². The van der Waals surface area contributed by atoms with E-state index in [0.29, 0.717) is 5.82 Å². The molecular weight excluding hydrogens is 182 g/mol. The molecule has 0 aliphatic carbocycles. The lowest BCUT2D eigenvalue weighted by atomic mass is 10.2. The average molecular weight is 191 g/mol. The van der Waals surface area contributed by atoms with Gasteiger partial charge in [-0.1, -0.05) is 0 Å². The summed E-state index contributed by atoms with van der Waals surface area (Å²) in [6.07, 6.45) is 4.51. The van der Waals surface area contributed by atoms with E-state index < -0.39 is 0 Å². The number of allylic oxidation sites excluding steroid dienone is 1. The second-order valence-corrected chi connectivity index (χ2v) is 3.07. The Morgan fingerprint density at radius 2 is 2.21 bits per heavy atom. The topological polar surface area (TPSA) is 55.2 Å². The van der Waals surface area contributed by atoms with Crippen LogP contribution in [0.25, 0.3) is 0 Å². The van der Waals surface area contributed by atoms with Crippen LogP contribution >= 0.6 is 0 Å². The zero-order valence-corrected chi connectivity index (χ0v) is 7.67. The summed E-state index contributed by atoms with van der Waals surface area (Å²) in [5, 5.41) is 4.07. The number of anilines is 1. The Kier molecular flexibility index (Phi) is 1.92. The second-order valence-electron chi connectivity index (χ2n) is 3.07. The zero-order chi connectivity index (χ0) is 10.1. The van der Waals surface area contributed by atoms with Crippen molar-refractivity contribution in [1.29, 1.82) is 0 Å². The van der Waals surface area contributed by atoms with E-state index in [1.54, 1.807) is 24.0 Å². The van der Waals surface area contributed by atoms with E-state index in [0.717, 1.165) is 0 Å². The van der Waals surface area contributed by atoms with Gasteiger partial charge in [-0.2, -0.15) is 5.10 Å². The summed E-state index contributed by atoms with van der Waals surface area (Å²) < 4.78 is 1.60. The quantitative estimate of drug-likeness (QED) is 0.597. The van der Waals surface area contributed by atoms with Crippen molar-refractivity contribution in [3.05, 3.63) is 24.5 Å². The van der Waals surface area contributed by atoms with Gasteiger partial charge >= 0.3 is 0 Å². The highest BCUT2D eigenvalue weighted by Crippen LogP contribution is 2.15. The van der Waals surface area contributed by atoms with E-state index in [4.69, 9.17) is 0 Å². The van der Waals surface area contributed by atoms with Gasteiger partial charge < -0.3 is 0 Å². The van der Waals surface area contributed by atoms with E-state index in [1.807, 2.05) is 0 Å².